The number of nitrogens with two attached hydrogens (primary N) is 1. The molecule has 1 aliphatic rings. The first-order valence-electron chi connectivity index (χ1n) is 9.65. The molecule has 3 rings (SSSR count). The minimum Gasteiger partial charge on any atom is -0.398 e. The van der Waals surface area contributed by atoms with Gasteiger partial charge in [-0.2, -0.15) is 0 Å². The Kier molecular flexibility index (Phi) is 6.54. The molecule has 1 aliphatic carbocycles. The molecule has 2 aromatic carbocycles. The van der Waals surface area contributed by atoms with Crippen LogP contribution in [0.5, 0.6) is 0 Å². The number of carbonyl (C=O) groups excluding carboxylic acids is 1. The Labute approximate surface area is 170 Å². The van der Waals surface area contributed by atoms with E-state index in [1.165, 1.54) is 18.2 Å². The highest BCUT2D eigenvalue weighted by molar-refractivity contribution is 7.89. The van der Waals surface area contributed by atoms with E-state index in [0.717, 1.165) is 11.1 Å². The average Bonchev–Trinajstić information content (AvgIpc) is 2.69. The molecule has 0 unspecified atom stereocenters. The normalized spacial score (nSPS) is 19.7. The van der Waals surface area contributed by atoms with Crippen molar-refractivity contribution in [3.05, 3.63) is 59.4 Å². The summed E-state index contributed by atoms with van der Waals surface area (Å²) in [5, 5.41) is 2.87. The fourth-order valence-electron chi connectivity index (χ4n) is 3.48. The Balaban J connectivity index is 1.50. The average molecular weight is 420 g/mol. The number of nitrogen functional groups attached to an aromatic ring is 1. The summed E-state index contributed by atoms with van der Waals surface area (Å²) in [5.41, 5.74) is 7.93. The number of benzene rings is 2. The minimum absolute atomic E-state index is 0.0538. The summed E-state index contributed by atoms with van der Waals surface area (Å²) in [7, 11) is -3.65. The molecule has 29 heavy (non-hydrogen) atoms. The number of aryl methyl sites for hydroxylation is 1. The summed E-state index contributed by atoms with van der Waals surface area (Å²) in [6, 6.07) is 10.5. The van der Waals surface area contributed by atoms with Gasteiger partial charge >= 0.3 is 0 Å². The quantitative estimate of drug-likeness (QED) is 0.627. The summed E-state index contributed by atoms with van der Waals surface area (Å²) >= 11 is 0. The van der Waals surface area contributed by atoms with Crippen LogP contribution in [0.3, 0.4) is 0 Å². The molecule has 0 aliphatic heterocycles. The summed E-state index contributed by atoms with van der Waals surface area (Å²) in [5.74, 6) is -0.512. The van der Waals surface area contributed by atoms with Crippen LogP contribution in [0.4, 0.5) is 10.1 Å². The van der Waals surface area contributed by atoms with Crippen LogP contribution in [0.15, 0.2) is 47.4 Å². The van der Waals surface area contributed by atoms with E-state index in [9.17, 15) is 17.6 Å². The fraction of sp³-hybridized carbons (Fsp3) is 0.381. The van der Waals surface area contributed by atoms with Crippen LogP contribution in [0.2, 0.25) is 0 Å². The van der Waals surface area contributed by atoms with Gasteiger partial charge in [-0.1, -0.05) is 18.2 Å². The van der Waals surface area contributed by atoms with Gasteiger partial charge in [-0.05, 0) is 68.0 Å². The molecule has 1 saturated carbocycles. The van der Waals surface area contributed by atoms with Crippen LogP contribution in [-0.4, -0.2) is 20.4 Å². The molecule has 6 nitrogen and oxygen atoms in total. The zero-order chi connectivity index (χ0) is 21.0. The lowest BCUT2D eigenvalue weighted by atomic mass is 9.86. The summed E-state index contributed by atoms with van der Waals surface area (Å²) in [4.78, 5) is 12.5. The van der Waals surface area contributed by atoms with E-state index in [2.05, 4.69) is 10.0 Å². The Bertz CT molecular complexity index is 969. The Morgan fingerprint density at radius 3 is 2.38 bits per heavy atom. The number of anilines is 1. The summed E-state index contributed by atoms with van der Waals surface area (Å²) in [6.45, 7) is 2.17. The molecule has 1 amide bonds. The van der Waals surface area contributed by atoms with E-state index in [0.29, 0.717) is 37.9 Å². The molecule has 0 heterocycles. The van der Waals surface area contributed by atoms with Crippen molar-refractivity contribution in [2.75, 3.05) is 5.73 Å². The van der Waals surface area contributed by atoms with Crippen molar-refractivity contribution >= 4 is 21.6 Å². The highest BCUT2D eigenvalue weighted by atomic mass is 32.2. The first kappa shape index (κ1) is 21.3. The van der Waals surface area contributed by atoms with Crippen LogP contribution in [0.25, 0.3) is 0 Å². The molecule has 156 valence electrons. The second-order valence-corrected chi connectivity index (χ2v) is 9.25. The van der Waals surface area contributed by atoms with Gasteiger partial charge < -0.3 is 11.1 Å². The minimum atomic E-state index is -3.65. The SMILES string of the molecule is Cc1ccc(S(=O)(=O)N[C@H]2CC[C@H](C(=O)NCc3ccc(F)cc3)CC2)cc1N. The topological polar surface area (TPSA) is 101 Å². The highest BCUT2D eigenvalue weighted by Gasteiger charge is 2.29. The third kappa shape index (κ3) is 5.55. The molecule has 8 heteroatoms. The first-order valence-corrected chi connectivity index (χ1v) is 11.1. The standard InChI is InChI=1S/C21H26FN3O3S/c1-14-2-11-19(12-20(14)23)29(27,28)25-18-9-5-16(6-10-18)21(26)24-13-15-3-7-17(22)8-4-15/h2-4,7-8,11-12,16,18,25H,5-6,9-10,13,23H2,1H3,(H,24,26)/t16-,18-. The van der Waals surface area contributed by atoms with Gasteiger partial charge in [-0.15, -0.1) is 0 Å². The number of rotatable bonds is 6. The predicted octanol–water partition coefficient (Wildman–Crippen LogP) is 2.87. The zero-order valence-electron chi connectivity index (χ0n) is 16.3. The van der Waals surface area contributed by atoms with E-state index >= 15 is 0 Å². The van der Waals surface area contributed by atoms with Crippen LogP contribution in [0, 0.1) is 18.7 Å². The number of nitrogens with one attached hydrogen (secondary N) is 2. The first-order chi connectivity index (χ1) is 13.7. The molecule has 0 saturated heterocycles. The second kappa shape index (κ2) is 8.92. The van der Waals surface area contributed by atoms with Crippen LogP contribution in [0.1, 0.15) is 36.8 Å². The maximum Gasteiger partial charge on any atom is 0.240 e. The number of halogens is 1. The molecule has 0 aromatic heterocycles. The smallest absolute Gasteiger partial charge is 0.240 e. The van der Waals surface area contributed by atoms with E-state index in [1.54, 1.807) is 24.3 Å². The van der Waals surface area contributed by atoms with E-state index in [4.69, 9.17) is 5.73 Å². The highest BCUT2D eigenvalue weighted by Crippen LogP contribution is 2.26. The third-order valence-electron chi connectivity index (χ3n) is 5.36. The maximum atomic E-state index is 12.9. The van der Waals surface area contributed by atoms with Crippen molar-refractivity contribution in [2.24, 2.45) is 5.92 Å². The molecule has 0 atom stereocenters. The Hall–Kier alpha value is -2.45. The summed E-state index contributed by atoms with van der Waals surface area (Å²) in [6.07, 6.45) is 2.40. The zero-order valence-corrected chi connectivity index (χ0v) is 17.1. The van der Waals surface area contributed by atoms with Gasteiger partial charge in [0.1, 0.15) is 5.82 Å². The second-order valence-electron chi connectivity index (χ2n) is 7.53. The molecular weight excluding hydrogens is 393 g/mol. The molecule has 2 aromatic rings. The van der Waals surface area contributed by atoms with Crippen molar-refractivity contribution < 1.29 is 17.6 Å². The Morgan fingerprint density at radius 1 is 1.10 bits per heavy atom. The monoisotopic (exact) mass is 419 g/mol. The van der Waals surface area contributed by atoms with Crippen molar-refractivity contribution in [1.29, 1.82) is 0 Å². The lowest BCUT2D eigenvalue weighted by molar-refractivity contribution is -0.126. The van der Waals surface area contributed by atoms with E-state index in [1.807, 2.05) is 6.92 Å². The van der Waals surface area contributed by atoms with Gasteiger partial charge in [0.25, 0.3) is 0 Å². The molecule has 0 radical (unpaired) electrons. The molecule has 0 bridgehead atoms. The maximum absolute atomic E-state index is 12.9. The van der Waals surface area contributed by atoms with Crippen molar-refractivity contribution in [2.45, 2.75) is 50.1 Å². The van der Waals surface area contributed by atoms with Gasteiger partial charge in [0.05, 0.1) is 4.90 Å². The van der Waals surface area contributed by atoms with Gasteiger partial charge in [-0.25, -0.2) is 17.5 Å². The molecule has 1 fully saturated rings. The predicted molar refractivity (Wildman–Crippen MR) is 110 cm³/mol. The number of amides is 1. The van der Waals surface area contributed by atoms with E-state index < -0.39 is 10.0 Å². The van der Waals surface area contributed by atoms with Crippen LogP contribution in [-0.2, 0) is 21.4 Å². The Morgan fingerprint density at radius 2 is 1.76 bits per heavy atom. The lowest BCUT2D eigenvalue weighted by Gasteiger charge is -2.28. The molecule has 0 spiro atoms. The number of hydrogen-bond donors (Lipinski definition) is 3. The van der Waals surface area contributed by atoms with Gasteiger partial charge in [0, 0.05) is 24.2 Å². The largest absolute Gasteiger partial charge is 0.398 e. The third-order valence-corrected chi connectivity index (χ3v) is 6.88. The fourth-order valence-corrected chi connectivity index (χ4v) is 4.82. The molecule has 4 N–H and O–H groups in total. The number of sulfonamides is 1. The van der Waals surface area contributed by atoms with Gasteiger partial charge in [0.15, 0.2) is 0 Å². The van der Waals surface area contributed by atoms with Gasteiger partial charge in [0.2, 0.25) is 15.9 Å². The summed E-state index contributed by atoms with van der Waals surface area (Å²) < 4.78 is 40.8. The van der Waals surface area contributed by atoms with Crippen molar-refractivity contribution in [1.82, 2.24) is 10.0 Å². The number of hydrogen-bond acceptors (Lipinski definition) is 4. The number of carbonyl (C=O) groups is 1. The van der Waals surface area contributed by atoms with Crippen LogP contribution >= 0.6 is 0 Å². The van der Waals surface area contributed by atoms with Crippen molar-refractivity contribution in [3.63, 3.8) is 0 Å². The van der Waals surface area contributed by atoms with Crippen molar-refractivity contribution in [3.8, 4) is 0 Å². The van der Waals surface area contributed by atoms with E-state index in [-0.39, 0.29) is 28.6 Å². The lowest BCUT2D eigenvalue weighted by Crippen LogP contribution is -2.40. The van der Waals surface area contributed by atoms with Crippen LogP contribution < -0.4 is 15.8 Å². The molecular formula is C21H26FN3O3S. The van der Waals surface area contributed by atoms with Gasteiger partial charge in [-0.3, -0.25) is 4.79 Å².